The number of benzene rings is 1. The van der Waals surface area contributed by atoms with Gasteiger partial charge in [0.2, 0.25) is 0 Å². The van der Waals surface area contributed by atoms with Gasteiger partial charge in [-0.25, -0.2) is 0 Å². The van der Waals surface area contributed by atoms with Crippen LogP contribution in [0.4, 0.5) is 0 Å². The van der Waals surface area contributed by atoms with Gasteiger partial charge in [0.15, 0.2) is 11.5 Å². The van der Waals surface area contributed by atoms with E-state index in [9.17, 15) is 0 Å². The second-order valence-electron chi connectivity index (χ2n) is 4.95. The lowest BCUT2D eigenvalue weighted by Gasteiger charge is -2.19. The summed E-state index contributed by atoms with van der Waals surface area (Å²) in [7, 11) is 1.67. The lowest BCUT2D eigenvalue weighted by atomic mass is 10.1. The van der Waals surface area contributed by atoms with Crippen LogP contribution in [0.1, 0.15) is 39.7 Å². The zero-order valence-electron chi connectivity index (χ0n) is 12.4. The summed E-state index contributed by atoms with van der Waals surface area (Å²) in [6.07, 6.45) is 1.23. The molecule has 0 heterocycles. The van der Waals surface area contributed by atoms with Gasteiger partial charge in [0.05, 0.1) is 13.2 Å². The Kier molecular flexibility index (Phi) is 6.66. The first-order valence-electron chi connectivity index (χ1n) is 6.74. The molecule has 3 nitrogen and oxygen atoms in total. The quantitative estimate of drug-likeness (QED) is 0.815. The molecule has 0 aliphatic heterocycles. The van der Waals surface area contributed by atoms with Crippen molar-refractivity contribution in [3.05, 3.63) is 22.2 Å². The molecule has 0 radical (unpaired) electrons. The van der Waals surface area contributed by atoms with E-state index in [2.05, 4.69) is 41.2 Å². The predicted octanol–water partition coefficient (Wildman–Crippen LogP) is 4.13. The fraction of sp³-hybridized carbons (Fsp3) is 0.600. The lowest BCUT2D eigenvalue weighted by molar-refractivity contribution is 0.227. The zero-order valence-corrected chi connectivity index (χ0v) is 14.0. The van der Waals surface area contributed by atoms with Crippen molar-refractivity contribution in [2.45, 2.75) is 52.8 Å². The first-order chi connectivity index (χ1) is 8.97. The van der Waals surface area contributed by atoms with Gasteiger partial charge in [-0.1, -0.05) is 22.9 Å². The Balaban J connectivity index is 3.01. The van der Waals surface area contributed by atoms with Crippen molar-refractivity contribution in [1.29, 1.82) is 0 Å². The average Bonchev–Trinajstić information content (AvgIpc) is 2.37. The van der Waals surface area contributed by atoms with Gasteiger partial charge in [0.25, 0.3) is 0 Å². The van der Waals surface area contributed by atoms with Gasteiger partial charge < -0.3 is 14.8 Å². The molecule has 108 valence electrons. The highest BCUT2D eigenvalue weighted by atomic mass is 79.9. The Morgan fingerprint density at radius 3 is 2.47 bits per heavy atom. The number of rotatable bonds is 7. The van der Waals surface area contributed by atoms with Crippen LogP contribution < -0.4 is 14.8 Å². The van der Waals surface area contributed by atoms with E-state index >= 15 is 0 Å². The first kappa shape index (κ1) is 16.3. The van der Waals surface area contributed by atoms with E-state index in [1.807, 2.05) is 19.9 Å². The Hall–Kier alpha value is -0.740. The molecule has 1 atom stereocenters. The highest BCUT2D eigenvalue weighted by Crippen LogP contribution is 2.35. The van der Waals surface area contributed by atoms with E-state index < -0.39 is 0 Å². The van der Waals surface area contributed by atoms with Gasteiger partial charge in [0, 0.05) is 22.6 Å². The summed E-state index contributed by atoms with van der Waals surface area (Å²) in [6.45, 7) is 9.16. The fourth-order valence-corrected chi connectivity index (χ4v) is 2.19. The van der Waals surface area contributed by atoms with Crippen molar-refractivity contribution in [2.24, 2.45) is 0 Å². The molecule has 0 saturated carbocycles. The molecular weight excluding hydrogens is 306 g/mol. The smallest absolute Gasteiger partial charge is 0.166 e. The van der Waals surface area contributed by atoms with Gasteiger partial charge in [-0.2, -0.15) is 0 Å². The maximum absolute atomic E-state index is 5.90. The normalized spacial score (nSPS) is 12.6. The van der Waals surface area contributed by atoms with E-state index in [1.54, 1.807) is 7.11 Å². The SMILES string of the molecule is CC[C@H](C)NCc1cc(Br)cc(OC)c1OC(C)C. The molecule has 0 aromatic heterocycles. The third kappa shape index (κ3) is 5.03. The molecule has 19 heavy (non-hydrogen) atoms. The molecule has 4 heteroatoms. The van der Waals surface area contributed by atoms with E-state index in [-0.39, 0.29) is 6.10 Å². The van der Waals surface area contributed by atoms with E-state index in [1.165, 1.54) is 0 Å². The summed E-state index contributed by atoms with van der Waals surface area (Å²) in [6, 6.07) is 4.50. The van der Waals surface area contributed by atoms with Crippen LogP contribution in [0, 0.1) is 0 Å². The van der Waals surface area contributed by atoms with Crippen LogP contribution in [-0.4, -0.2) is 19.3 Å². The Bertz CT molecular complexity index is 407. The molecule has 0 aliphatic rings. The summed E-state index contributed by atoms with van der Waals surface area (Å²) in [4.78, 5) is 0. The summed E-state index contributed by atoms with van der Waals surface area (Å²) in [5.74, 6) is 1.60. The van der Waals surface area contributed by atoms with Crippen molar-refractivity contribution >= 4 is 15.9 Å². The van der Waals surface area contributed by atoms with Crippen LogP contribution >= 0.6 is 15.9 Å². The zero-order chi connectivity index (χ0) is 14.4. The monoisotopic (exact) mass is 329 g/mol. The second-order valence-corrected chi connectivity index (χ2v) is 5.87. The standard InChI is InChI=1S/C15H24BrNO2/c1-6-11(4)17-9-12-7-13(16)8-14(18-5)15(12)19-10(2)3/h7-8,10-11,17H,6,9H2,1-5H3/t11-/m0/s1. The largest absolute Gasteiger partial charge is 0.493 e. The van der Waals surface area contributed by atoms with Crippen molar-refractivity contribution < 1.29 is 9.47 Å². The minimum Gasteiger partial charge on any atom is -0.493 e. The Morgan fingerprint density at radius 1 is 1.26 bits per heavy atom. The van der Waals surface area contributed by atoms with Gasteiger partial charge >= 0.3 is 0 Å². The first-order valence-corrected chi connectivity index (χ1v) is 7.53. The predicted molar refractivity (Wildman–Crippen MR) is 83.1 cm³/mol. The number of ether oxygens (including phenoxy) is 2. The van der Waals surface area contributed by atoms with E-state index in [0.717, 1.165) is 34.5 Å². The minimum atomic E-state index is 0.123. The van der Waals surface area contributed by atoms with E-state index in [0.29, 0.717) is 6.04 Å². The van der Waals surface area contributed by atoms with Gasteiger partial charge in [-0.05, 0) is 39.3 Å². The van der Waals surface area contributed by atoms with Crippen molar-refractivity contribution in [2.75, 3.05) is 7.11 Å². The molecule has 0 amide bonds. The number of hydrogen-bond acceptors (Lipinski definition) is 3. The van der Waals surface area contributed by atoms with Gasteiger partial charge in [-0.3, -0.25) is 0 Å². The molecule has 1 aromatic rings. The maximum atomic E-state index is 5.90. The molecule has 1 aromatic carbocycles. The van der Waals surface area contributed by atoms with Crippen LogP contribution in [0.2, 0.25) is 0 Å². The van der Waals surface area contributed by atoms with Crippen LogP contribution in [-0.2, 0) is 6.54 Å². The summed E-state index contributed by atoms with van der Waals surface area (Å²) < 4.78 is 12.3. The molecule has 1 rings (SSSR count). The Labute approximate surface area is 124 Å². The summed E-state index contributed by atoms with van der Waals surface area (Å²) >= 11 is 3.51. The molecule has 0 unspecified atom stereocenters. The molecule has 0 saturated heterocycles. The molecule has 0 spiro atoms. The molecule has 0 aliphatic carbocycles. The molecule has 1 N–H and O–H groups in total. The van der Waals surface area contributed by atoms with Gasteiger partial charge in [0.1, 0.15) is 0 Å². The Morgan fingerprint density at radius 2 is 1.95 bits per heavy atom. The van der Waals surface area contributed by atoms with Crippen molar-refractivity contribution in [1.82, 2.24) is 5.32 Å². The number of hydrogen-bond donors (Lipinski definition) is 1. The van der Waals surface area contributed by atoms with Crippen LogP contribution in [0.5, 0.6) is 11.5 Å². The van der Waals surface area contributed by atoms with Crippen LogP contribution in [0.3, 0.4) is 0 Å². The summed E-state index contributed by atoms with van der Waals surface area (Å²) in [5.41, 5.74) is 1.11. The fourth-order valence-electron chi connectivity index (χ4n) is 1.70. The number of nitrogens with one attached hydrogen (secondary N) is 1. The van der Waals surface area contributed by atoms with Crippen molar-refractivity contribution in [3.63, 3.8) is 0 Å². The topological polar surface area (TPSA) is 30.5 Å². The third-order valence-corrected chi connectivity index (χ3v) is 3.38. The molecule has 0 fully saturated rings. The second kappa shape index (κ2) is 7.75. The highest BCUT2D eigenvalue weighted by Gasteiger charge is 2.14. The highest BCUT2D eigenvalue weighted by molar-refractivity contribution is 9.10. The number of halogens is 1. The third-order valence-electron chi connectivity index (χ3n) is 2.92. The minimum absolute atomic E-state index is 0.123. The van der Waals surface area contributed by atoms with E-state index in [4.69, 9.17) is 9.47 Å². The molecule has 0 bridgehead atoms. The molecular formula is C15H24BrNO2. The maximum Gasteiger partial charge on any atom is 0.166 e. The van der Waals surface area contributed by atoms with Crippen LogP contribution in [0.15, 0.2) is 16.6 Å². The van der Waals surface area contributed by atoms with Crippen LogP contribution in [0.25, 0.3) is 0 Å². The number of methoxy groups -OCH3 is 1. The van der Waals surface area contributed by atoms with Crippen molar-refractivity contribution in [3.8, 4) is 11.5 Å². The lowest BCUT2D eigenvalue weighted by Crippen LogP contribution is -2.25. The average molecular weight is 330 g/mol. The summed E-state index contributed by atoms with van der Waals surface area (Å²) in [5, 5.41) is 3.48. The van der Waals surface area contributed by atoms with Gasteiger partial charge in [-0.15, -0.1) is 0 Å².